The molecule has 1 aromatic heterocycles. The monoisotopic (exact) mass is 273 g/mol. The molecule has 0 atom stereocenters. The van der Waals surface area contributed by atoms with Gasteiger partial charge in [-0.2, -0.15) is 0 Å². The van der Waals surface area contributed by atoms with E-state index in [0.29, 0.717) is 37.9 Å². The molecule has 1 aliphatic heterocycles. The molecule has 0 spiro atoms. The lowest BCUT2D eigenvalue weighted by molar-refractivity contribution is 0.0678. The first kappa shape index (κ1) is 13.5. The van der Waals surface area contributed by atoms with Crippen LogP contribution >= 0.6 is 0 Å². The number of H-pyrrole nitrogens is 1. The Hall–Kier alpha value is -0.890. The zero-order chi connectivity index (χ0) is 13.0. The lowest BCUT2D eigenvalue weighted by atomic mass is 10.0. The van der Waals surface area contributed by atoms with Crippen LogP contribution in [0, 0.1) is 5.92 Å². The molecule has 7 heteroatoms. The van der Waals surface area contributed by atoms with Gasteiger partial charge in [0.2, 0.25) is 10.0 Å². The number of sulfonamides is 1. The molecule has 2 heterocycles. The second-order valence-corrected chi connectivity index (χ2v) is 6.24. The van der Waals surface area contributed by atoms with Crippen LogP contribution in [-0.2, 0) is 21.3 Å². The van der Waals surface area contributed by atoms with Gasteiger partial charge in [0.25, 0.3) is 0 Å². The first-order chi connectivity index (χ1) is 8.62. The van der Waals surface area contributed by atoms with Gasteiger partial charge in [-0.1, -0.05) is 0 Å². The van der Waals surface area contributed by atoms with Crippen LogP contribution in [0.1, 0.15) is 18.5 Å². The van der Waals surface area contributed by atoms with Crippen molar-refractivity contribution in [2.24, 2.45) is 11.7 Å². The number of aromatic amines is 1. The third kappa shape index (κ3) is 3.32. The van der Waals surface area contributed by atoms with Gasteiger partial charge in [-0.05, 0) is 24.8 Å². The normalized spacial score (nSPS) is 18.1. The quantitative estimate of drug-likeness (QED) is 0.713. The highest BCUT2D eigenvalue weighted by molar-refractivity contribution is 7.89. The third-order valence-corrected chi connectivity index (χ3v) is 4.55. The number of hydrogen-bond donors (Lipinski definition) is 3. The minimum atomic E-state index is -3.43. The Morgan fingerprint density at radius 2 is 2.17 bits per heavy atom. The van der Waals surface area contributed by atoms with Gasteiger partial charge in [0.05, 0.1) is 4.90 Å². The van der Waals surface area contributed by atoms with Gasteiger partial charge < -0.3 is 15.5 Å². The van der Waals surface area contributed by atoms with E-state index in [1.54, 1.807) is 6.07 Å². The Kier molecular flexibility index (Phi) is 4.39. The Balaban J connectivity index is 1.94. The fourth-order valence-electron chi connectivity index (χ4n) is 1.95. The van der Waals surface area contributed by atoms with Gasteiger partial charge in [-0.25, -0.2) is 13.1 Å². The van der Waals surface area contributed by atoms with E-state index in [-0.39, 0.29) is 4.90 Å². The summed E-state index contributed by atoms with van der Waals surface area (Å²) in [5.41, 5.74) is 6.15. The molecule has 1 aliphatic rings. The molecule has 2 rings (SSSR count). The standard InChI is InChI=1S/C11H19N3O3S/c12-6-10-5-11(8-13-10)18(15,16)14-7-9-1-3-17-4-2-9/h5,8-9,13-14H,1-4,6-7,12H2. The van der Waals surface area contributed by atoms with E-state index in [9.17, 15) is 8.42 Å². The number of aromatic nitrogens is 1. The van der Waals surface area contributed by atoms with Crippen molar-refractivity contribution in [2.45, 2.75) is 24.3 Å². The minimum absolute atomic E-state index is 0.245. The van der Waals surface area contributed by atoms with Crippen LogP contribution in [0.3, 0.4) is 0 Å². The van der Waals surface area contributed by atoms with E-state index in [1.165, 1.54) is 6.20 Å². The van der Waals surface area contributed by atoms with E-state index in [4.69, 9.17) is 10.5 Å². The second-order valence-electron chi connectivity index (χ2n) is 4.47. The predicted octanol–water partition coefficient (Wildman–Crippen LogP) is 0.178. The topological polar surface area (TPSA) is 97.2 Å². The van der Waals surface area contributed by atoms with Gasteiger partial charge in [0.1, 0.15) is 0 Å². The molecule has 0 radical (unpaired) electrons. The predicted molar refractivity (Wildman–Crippen MR) is 67.4 cm³/mol. The molecule has 6 nitrogen and oxygen atoms in total. The van der Waals surface area contributed by atoms with Gasteiger partial charge in [-0.15, -0.1) is 0 Å². The van der Waals surface area contributed by atoms with E-state index in [1.807, 2.05) is 0 Å². The summed E-state index contributed by atoms with van der Waals surface area (Å²) < 4.78 is 31.9. The lowest BCUT2D eigenvalue weighted by Gasteiger charge is -2.21. The highest BCUT2D eigenvalue weighted by Gasteiger charge is 2.19. The maximum Gasteiger partial charge on any atom is 0.242 e. The summed E-state index contributed by atoms with van der Waals surface area (Å²) in [5, 5.41) is 0. The van der Waals surface area contributed by atoms with Gasteiger partial charge in [0.15, 0.2) is 0 Å². The third-order valence-electron chi connectivity index (χ3n) is 3.15. The van der Waals surface area contributed by atoms with Gasteiger partial charge in [0, 0.05) is 38.2 Å². The number of nitrogens with two attached hydrogens (primary N) is 1. The Morgan fingerprint density at radius 3 is 2.78 bits per heavy atom. The summed E-state index contributed by atoms with van der Waals surface area (Å²) in [6.07, 6.45) is 3.28. The van der Waals surface area contributed by atoms with E-state index in [2.05, 4.69) is 9.71 Å². The van der Waals surface area contributed by atoms with Crippen molar-refractivity contribution in [3.8, 4) is 0 Å². The Bertz CT molecular complexity index is 477. The van der Waals surface area contributed by atoms with Crippen LogP contribution in [0.15, 0.2) is 17.2 Å². The van der Waals surface area contributed by atoms with Crippen LogP contribution in [0.2, 0.25) is 0 Å². The molecule has 4 N–H and O–H groups in total. The number of rotatable bonds is 5. The maximum atomic E-state index is 12.0. The first-order valence-electron chi connectivity index (χ1n) is 6.06. The van der Waals surface area contributed by atoms with Gasteiger partial charge in [-0.3, -0.25) is 0 Å². The van der Waals surface area contributed by atoms with Crippen molar-refractivity contribution >= 4 is 10.0 Å². The number of hydrogen-bond acceptors (Lipinski definition) is 4. The van der Waals surface area contributed by atoms with Crippen LogP contribution < -0.4 is 10.5 Å². The van der Waals surface area contributed by atoms with Crippen molar-refractivity contribution in [1.29, 1.82) is 0 Å². The van der Waals surface area contributed by atoms with E-state index >= 15 is 0 Å². The molecule has 0 aromatic carbocycles. The molecule has 1 fully saturated rings. The molecular weight excluding hydrogens is 254 g/mol. The smallest absolute Gasteiger partial charge is 0.242 e. The highest BCUT2D eigenvalue weighted by atomic mass is 32.2. The van der Waals surface area contributed by atoms with Crippen molar-refractivity contribution in [3.63, 3.8) is 0 Å². The van der Waals surface area contributed by atoms with Gasteiger partial charge >= 0.3 is 0 Å². The SMILES string of the molecule is NCc1cc(S(=O)(=O)NCC2CCOCC2)c[nH]1. The highest BCUT2D eigenvalue weighted by Crippen LogP contribution is 2.15. The largest absolute Gasteiger partial charge is 0.381 e. The lowest BCUT2D eigenvalue weighted by Crippen LogP contribution is -2.32. The van der Waals surface area contributed by atoms with Crippen LogP contribution in [0.25, 0.3) is 0 Å². The molecule has 18 heavy (non-hydrogen) atoms. The average Bonchev–Trinajstić information content (AvgIpc) is 2.87. The molecule has 0 aliphatic carbocycles. The second kappa shape index (κ2) is 5.83. The minimum Gasteiger partial charge on any atom is -0.381 e. The van der Waals surface area contributed by atoms with E-state index < -0.39 is 10.0 Å². The summed E-state index contributed by atoms with van der Waals surface area (Å²) in [7, 11) is -3.43. The summed E-state index contributed by atoms with van der Waals surface area (Å²) >= 11 is 0. The zero-order valence-electron chi connectivity index (χ0n) is 10.2. The molecular formula is C11H19N3O3S. The van der Waals surface area contributed by atoms with E-state index in [0.717, 1.165) is 12.8 Å². The molecule has 0 saturated carbocycles. The number of ether oxygens (including phenoxy) is 1. The van der Waals surface area contributed by atoms with Crippen LogP contribution in [0.4, 0.5) is 0 Å². The van der Waals surface area contributed by atoms with Crippen LogP contribution in [-0.4, -0.2) is 33.2 Å². The summed E-state index contributed by atoms with van der Waals surface area (Å²) in [6.45, 7) is 2.20. The Labute approximate surface area is 107 Å². The summed E-state index contributed by atoms with van der Waals surface area (Å²) in [4.78, 5) is 3.08. The number of nitrogens with one attached hydrogen (secondary N) is 2. The Morgan fingerprint density at radius 1 is 1.44 bits per heavy atom. The first-order valence-corrected chi connectivity index (χ1v) is 7.55. The molecule has 1 saturated heterocycles. The van der Waals surface area contributed by atoms with Crippen molar-refractivity contribution in [1.82, 2.24) is 9.71 Å². The van der Waals surface area contributed by atoms with Crippen LogP contribution in [0.5, 0.6) is 0 Å². The zero-order valence-corrected chi connectivity index (χ0v) is 11.0. The van der Waals surface area contributed by atoms with Crippen molar-refractivity contribution in [3.05, 3.63) is 18.0 Å². The molecule has 0 unspecified atom stereocenters. The van der Waals surface area contributed by atoms with Crippen molar-refractivity contribution < 1.29 is 13.2 Å². The summed E-state index contributed by atoms with van der Waals surface area (Å²) in [5.74, 6) is 0.362. The molecule has 1 aromatic rings. The fourth-order valence-corrected chi connectivity index (χ4v) is 3.09. The fraction of sp³-hybridized carbons (Fsp3) is 0.636. The average molecular weight is 273 g/mol. The maximum absolute atomic E-state index is 12.0. The molecule has 0 bridgehead atoms. The van der Waals surface area contributed by atoms with Crippen molar-refractivity contribution in [2.75, 3.05) is 19.8 Å². The molecule has 0 amide bonds. The molecule has 102 valence electrons. The summed E-state index contributed by atoms with van der Waals surface area (Å²) in [6, 6.07) is 1.56.